The lowest BCUT2D eigenvalue weighted by molar-refractivity contribution is -0.384. The van der Waals surface area contributed by atoms with Gasteiger partial charge in [0.15, 0.2) is 6.10 Å². The molecule has 10 heteroatoms. The SMILES string of the molecule is Cc1noc(C)c1CC(=O)OC(C)C(=O)Nc1ccc([N+](=O)[O-])cc1Cl. The Morgan fingerprint density at radius 1 is 1.42 bits per heavy atom. The van der Waals surface area contributed by atoms with Gasteiger partial charge in [-0.05, 0) is 26.8 Å². The Labute approximate surface area is 153 Å². The van der Waals surface area contributed by atoms with Gasteiger partial charge in [-0.3, -0.25) is 19.7 Å². The number of non-ortho nitro benzene ring substituents is 1. The van der Waals surface area contributed by atoms with Crippen LogP contribution in [0.25, 0.3) is 0 Å². The van der Waals surface area contributed by atoms with E-state index in [1.165, 1.54) is 19.1 Å². The minimum Gasteiger partial charge on any atom is -0.452 e. The van der Waals surface area contributed by atoms with E-state index in [4.69, 9.17) is 20.9 Å². The van der Waals surface area contributed by atoms with E-state index in [1.54, 1.807) is 13.8 Å². The molecule has 1 N–H and O–H groups in total. The van der Waals surface area contributed by atoms with Gasteiger partial charge in [-0.2, -0.15) is 0 Å². The zero-order valence-corrected chi connectivity index (χ0v) is 15.0. The fraction of sp³-hybridized carbons (Fsp3) is 0.312. The maximum absolute atomic E-state index is 12.1. The van der Waals surface area contributed by atoms with Crippen LogP contribution >= 0.6 is 11.6 Å². The number of nitro benzene ring substituents is 1. The van der Waals surface area contributed by atoms with Crippen molar-refractivity contribution >= 4 is 34.9 Å². The Morgan fingerprint density at radius 3 is 2.65 bits per heavy atom. The van der Waals surface area contributed by atoms with Gasteiger partial charge < -0.3 is 14.6 Å². The summed E-state index contributed by atoms with van der Waals surface area (Å²) in [6, 6.07) is 3.62. The first-order valence-electron chi connectivity index (χ1n) is 7.55. The Morgan fingerprint density at radius 2 is 2.12 bits per heavy atom. The van der Waals surface area contributed by atoms with Crippen LogP contribution in [0.2, 0.25) is 5.02 Å². The first-order chi connectivity index (χ1) is 12.2. The molecule has 1 heterocycles. The third-order valence-corrected chi connectivity index (χ3v) is 3.91. The monoisotopic (exact) mass is 381 g/mol. The number of carbonyl (C=O) groups excluding carboxylic acids is 2. The van der Waals surface area contributed by atoms with Gasteiger partial charge in [-0.1, -0.05) is 16.8 Å². The zero-order chi connectivity index (χ0) is 19.4. The van der Waals surface area contributed by atoms with E-state index < -0.39 is 22.9 Å². The van der Waals surface area contributed by atoms with E-state index in [0.29, 0.717) is 17.0 Å². The van der Waals surface area contributed by atoms with Crippen molar-refractivity contribution in [1.29, 1.82) is 0 Å². The van der Waals surface area contributed by atoms with Gasteiger partial charge in [0.1, 0.15) is 5.76 Å². The smallest absolute Gasteiger partial charge is 0.311 e. The number of hydrogen-bond donors (Lipinski definition) is 1. The molecule has 0 aliphatic rings. The van der Waals surface area contributed by atoms with E-state index in [1.807, 2.05) is 0 Å². The number of esters is 1. The molecule has 2 aromatic rings. The quantitative estimate of drug-likeness (QED) is 0.463. The van der Waals surface area contributed by atoms with Gasteiger partial charge in [0.2, 0.25) is 0 Å². The molecular weight excluding hydrogens is 366 g/mol. The van der Waals surface area contributed by atoms with Gasteiger partial charge in [-0.25, -0.2) is 0 Å². The zero-order valence-electron chi connectivity index (χ0n) is 14.2. The van der Waals surface area contributed by atoms with E-state index in [0.717, 1.165) is 6.07 Å². The van der Waals surface area contributed by atoms with Crippen LogP contribution in [-0.2, 0) is 20.7 Å². The predicted octanol–water partition coefficient (Wildman–Crippen LogP) is 2.97. The molecule has 2 rings (SSSR count). The van der Waals surface area contributed by atoms with E-state index in [-0.39, 0.29) is 22.8 Å². The first-order valence-corrected chi connectivity index (χ1v) is 7.93. The van der Waals surface area contributed by atoms with Gasteiger partial charge in [0.05, 0.1) is 27.7 Å². The molecule has 0 radical (unpaired) electrons. The second kappa shape index (κ2) is 7.96. The highest BCUT2D eigenvalue weighted by Gasteiger charge is 2.21. The fourth-order valence-electron chi connectivity index (χ4n) is 2.14. The number of ether oxygens (including phenoxy) is 1. The molecule has 0 aliphatic carbocycles. The second-order valence-electron chi connectivity index (χ2n) is 5.52. The first kappa shape index (κ1) is 19.4. The number of nitrogens with zero attached hydrogens (tertiary/aromatic N) is 2. The summed E-state index contributed by atoms with van der Waals surface area (Å²) in [6.45, 7) is 4.78. The lowest BCUT2D eigenvalue weighted by Gasteiger charge is -2.14. The van der Waals surface area contributed by atoms with E-state index in [2.05, 4.69) is 10.5 Å². The third kappa shape index (κ3) is 4.57. The summed E-state index contributed by atoms with van der Waals surface area (Å²) in [5.74, 6) is -0.723. The minimum atomic E-state index is -1.09. The lowest BCUT2D eigenvalue weighted by Crippen LogP contribution is -2.30. The Kier molecular flexibility index (Phi) is 5.93. The second-order valence-corrected chi connectivity index (χ2v) is 5.93. The van der Waals surface area contributed by atoms with E-state index in [9.17, 15) is 19.7 Å². The number of nitro groups is 1. The van der Waals surface area contributed by atoms with Crippen molar-refractivity contribution in [2.75, 3.05) is 5.32 Å². The number of aromatic nitrogens is 1. The largest absolute Gasteiger partial charge is 0.452 e. The molecule has 138 valence electrons. The predicted molar refractivity (Wildman–Crippen MR) is 92.0 cm³/mol. The minimum absolute atomic E-state index is 0.00166. The number of carbonyl (C=O) groups is 2. The summed E-state index contributed by atoms with van der Waals surface area (Å²) in [4.78, 5) is 34.2. The van der Waals surface area contributed by atoms with Crippen molar-refractivity contribution in [3.63, 3.8) is 0 Å². The number of hydrogen-bond acceptors (Lipinski definition) is 7. The van der Waals surface area contributed by atoms with Crippen molar-refractivity contribution in [1.82, 2.24) is 5.16 Å². The van der Waals surface area contributed by atoms with Crippen LogP contribution < -0.4 is 5.32 Å². The van der Waals surface area contributed by atoms with Crippen LogP contribution in [0.1, 0.15) is 23.9 Å². The number of benzene rings is 1. The molecule has 1 aromatic heterocycles. The van der Waals surface area contributed by atoms with Crippen LogP contribution in [0.3, 0.4) is 0 Å². The number of rotatable bonds is 6. The number of aryl methyl sites for hydroxylation is 2. The molecule has 0 spiro atoms. The molecule has 1 aromatic carbocycles. The summed E-state index contributed by atoms with van der Waals surface area (Å²) in [5, 5.41) is 16.9. The highest BCUT2D eigenvalue weighted by Crippen LogP contribution is 2.26. The molecule has 0 bridgehead atoms. The lowest BCUT2D eigenvalue weighted by atomic mass is 10.1. The molecule has 9 nitrogen and oxygen atoms in total. The number of amides is 1. The van der Waals surface area contributed by atoms with Crippen molar-refractivity contribution < 1.29 is 23.8 Å². The highest BCUT2D eigenvalue weighted by molar-refractivity contribution is 6.34. The molecule has 1 atom stereocenters. The molecular formula is C16H16ClN3O6. The summed E-state index contributed by atoms with van der Waals surface area (Å²) in [5.41, 5.74) is 1.16. The van der Waals surface area contributed by atoms with Crippen molar-refractivity contribution in [3.8, 4) is 0 Å². The standard InChI is InChI=1S/C16H16ClN3O6/c1-8-12(9(2)26-19-8)7-15(21)25-10(3)16(22)18-14-5-4-11(20(23)24)6-13(14)17/h4-6,10H,7H2,1-3H3,(H,18,22). The molecule has 26 heavy (non-hydrogen) atoms. The summed E-state index contributed by atoms with van der Waals surface area (Å²) in [6.07, 6.45) is -1.16. The van der Waals surface area contributed by atoms with Crippen LogP contribution in [-0.4, -0.2) is 28.1 Å². The van der Waals surface area contributed by atoms with Crippen molar-refractivity contribution in [3.05, 3.63) is 50.4 Å². The van der Waals surface area contributed by atoms with E-state index >= 15 is 0 Å². The maximum atomic E-state index is 12.1. The van der Waals surface area contributed by atoms with Crippen LogP contribution in [0.5, 0.6) is 0 Å². The normalized spacial score (nSPS) is 11.7. The average molecular weight is 382 g/mol. The molecule has 0 saturated carbocycles. The fourth-order valence-corrected chi connectivity index (χ4v) is 2.37. The van der Waals surface area contributed by atoms with Crippen molar-refractivity contribution in [2.24, 2.45) is 0 Å². The van der Waals surface area contributed by atoms with Gasteiger partial charge in [-0.15, -0.1) is 0 Å². The Bertz CT molecular complexity index is 844. The van der Waals surface area contributed by atoms with Crippen LogP contribution in [0.15, 0.2) is 22.7 Å². The number of anilines is 1. The molecule has 0 aliphatic heterocycles. The van der Waals surface area contributed by atoms with Crippen LogP contribution in [0.4, 0.5) is 11.4 Å². The molecule has 0 saturated heterocycles. The number of nitrogens with one attached hydrogen (secondary N) is 1. The number of halogens is 1. The van der Waals surface area contributed by atoms with Crippen molar-refractivity contribution in [2.45, 2.75) is 33.3 Å². The third-order valence-electron chi connectivity index (χ3n) is 3.60. The Balaban J connectivity index is 1.97. The maximum Gasteiger partial charge on any atom is 0.311 e. The topological polar surface area (TPSA) is 125 Å². The van der Waals surface area contributed by atoms with Gasteiger partial charge in [0, 0.05) is 17.7 Å². The van der Waals surface area contributed by atoms with Gasteiger partial charge in [0.25, 0.3) is 11.6 Å². The Hall–Kier alpha value is -2.94. The summed E-state index contributed by atoms with van der Waals surface area (Å²) in [7, 11) is 0. The highest BCUT2D eigenvalue weighted by atomic mass is 35.5. The van der Waals surface area contributed by atoms with Gasteiger partial charge >= 0.3 is 5.97 Å². The average Bonchev–Trinajstić information content (AvgIpc) is 2.88. The van der Waals surface area contributed by atoms with Crippen LogP contribution in [0, 0.1) is 24.0 Å². The molecule has 1 unspecified atom stereocenters. The summed E-state index contributed by atoms with van der Waals surface area (Å²) < 4.78 is 10.1. The summed E-state index contributed by atoms with van der Waals surface area (Å²) >= 11 is 5.91. The molecule has 1 amide bonds. The molecule has 0 fully saturated rings.